The second kappa shape index (κ2) is 7.20. The van der Waals surface area contributed by atoms with Crippen molar-refractivity contribution in [2.75, 3.05) is 7.11 Å². The number of ether oxygens (including phenoxy) is 1. The van der Waals surface area contributed by atoms with E-state index < -0.39 is 11.4 Å². The lowest BCUT2D eigenvalue weighted by Gasteiger charge is -2.16. The van der Waals surface area contributed by atoms with E-state index in [1.807, 2.05) is 6.07 Å². The molecule has 0 bridgehead atoms. The minimum Gasteiger partial charge on any atom is -0.497 e. The van der Waals surface area contributed by atoms with Crippen LogP contribution in [-0.4, -0.2) is 26.4 Å². The number of hydrogen-bond acceptors (Lipinski definition) is 5. The molecule has 0 radical (unpaired) electrons. The van der Waals surface area contributed by atoms with Crippen LogP contribution >= 0.6 is 0 Å². The van der Waals surface area contributed by atoms with E-state index in [1.165, 1.54) is 30.1 Å². The molecule has 0 spiro atoms. The highest BCUT2D eigenvalue weighted by atomic mass is 19.1. The number of nitrogens with zero attached hydrogens (tertiary/aromatic N) is 5. The van der Waals surface area contributed by atoms with Crippen molar-refractivity contribution in [2.45, 2.75) is 6.54 Å². The van der Waals surface area contributed by atoms with Crippen molar-refractivity contribution in [3.63, 3.8) is 0 Å². The van der Waals surface area contributed by atoms with Crippen molar-refractivity contribution in [2.24, 2.45) is 7.05 Å². The van der Waals surface area contributed by atoms with Crippen molar-refractivity contribution >= 4 is 10.9 Å². The second-order valence-corrected chi connectivity index (χ2v) is 6.45. The maximum absolute atomic E-state index is 13.9. The number of nitriles is 1. The molecule has 0 unspecified atom stereocenters. The summed E-state index contributed by atoms with van der Waals surface area (Å²) in [4.78, 5) is 17.4. The first-order valence-corrected chi connectivity index (χ1v) is 8.77. The fourth-order valence-corrected chi connectivity index (χ4v) is 3.37. The van der Waals surface area contributed by atoms with E-state index in [9.17, 15) is 14.4 Å². The van der Waals surface area contributed by atoms with E-state index in [-0.39, 0.29) is 12.1 Å². The molecule has 0 N–H and O–H groups in total. The summed E-state index contributed by atoms with van der Waals surface area (Å²) in [6.45, 7) is 0.135. The monoisotopic (exact) mass is 389 g/mol. The zero-order valence-corrected chi connectivity index (χ0v) is 15.8. The number of rotatable bonds is 4. The second-order valence-electron chi connectivity index (χ2n) is 6.45. The molecular weight excluding hydrogens is 373 g/mol. The average Bonchev–Trinajstić information content (AvgIpc) is 3.13. The molecule has 0 saturated carbocycles. The van der Waals surface area contributed by atoms with Gasteiger partial charge < -0.3 is 4.74 Å². The number of aryl methyl sites for hydroxylation is 1. The van der Waals surface area contributed by atoms with Gasteiger partial charge in [0.25, 0.3) is 5.56 Å². The van der Waals surface area contributed by atoms with Crippen LogP contribution in [0.1, 0.15) is 11.4 Å². The summed E-state index contributed by atoms with van der Waals surface area (Å²) < 4.78 is 22.3. The van der Waals surface area contributed by atoms with E-state index >= 15 is 0 Å². The number of benzene rings is 2. The average molecular weight is 389 g/mol. The predicted molar refractivity (Wildman–Crippen MR) is 105 cm³/mol. The van der Waals surface area contributed by atoms with Crippen molar-refractivity contribution in [1.82, 2.24) is 19.3 Å². The first-order valence-electron chi connectivity index (χ1n) is 8.77. The van der Waals surface area contributed by atoms with E-state index in [0.717, 1.165) is 0 Å². The summed E-state index contributed by atoms with van der Waals surface area (Å²) in [5.41, 5.74) is 0.853. The highest BCUT2D eigenvalue weighted by Crippen LogP contribution is 2.33. The molecule has 4 aromatic rings. The fraction of sp³-hybridized carbons (Fsp3) is 0.143. The third kappa shape index (κ3) is 3.12. The van der Waals surface area contributed by atoms with E-state index in [1.54, 1.807) is 42.1 Å². The summed E-state index contributed by atoms with van der Waals surface area (Å²) >= 11 is 0. The Morgan fingerprint density at radius 3 is 2.72 bits per heavy atom. The van der Waals surface area contributed by atoms with E-state index in [0.29, 0.717) is 33.6 Å². The van der Waals surface area contributed by atoms with Gasteiger partial charge >= 0.3 is 0 Å². The van der Waals surface area contributed by atoms with Crippen LogP contribution in [0.3, 0.4) is 0 Å². The molecule has 0 aliphatic carbocycles. The van der Waals surface area contributed by atoms with Crippen molar-refractivity contribution < 1.29 is 9.13 Å². The zero-order valence-electron chi connectivity index (χ0n) is 15.8. The Hall–Kier alpha value is -3.99. The molecule has 4 rings (SSSR count). The lowest BCUT2D eigenvalue weighted by molar-refractivity contribution is 0.415. The SMILES string of the molecule is COc1ccc2c(c1)c(-c1cccc(F)c1)c(C#N)c(=O)n2Cc1ncnn1C. The van der Waals surface area contributed by atoms with Gasteiger partial charge in [-0.05, 0) is 35.9 Å². The van der Waals surface area contributed by atoms with Crippen LogP contribution in [0, 0.1) is 17.1 Å². The van der Waals surface area contributed by atoms with Crippen LogP contribution in [0.15, 0.2) is 53.6 Å². The summed E-state index contributed by atoms with van der Waals surface area (Å²) in [5, 5.41) is 14.4. The Morgan fingerprint density at radius 1 is 1.24 bits per heavy atom. The lowest BCUT2D eigenvalue weighted by atomic mass is 9.96. The Balaban J connectivity index is 2.11. The molecular formula is C21H16FN5O2. The van der Waals surface area contributed by atoms with Gasteiger partial charge in [0.05, 0.1) is 19.2 Å². The van der Waals surface area contributed by atoms with E-state index in [2.05, 4.69) is 10.1 Å². The zero-order chi connectivity index (χ0) is 20.5. The molecule has 8 heteroatoms. The van der Waals surface area contributed by atoms with Gasteiger partial charge in [-0.3, -0.25) is 14.0 Å². The van der Waals surface area contributed by atoms with Gasteiger partial charge in [-0.25, -0.2) is 9.37 Å². The molecule has 0 aliphatic heterocycles. The molecule has 0 aliphatic rings. The topological polar surface area (TPSA) is 85.7 Å². The predicted octanol–water partition coefficient (Wildman–Crippen LogP) is 2.86. The van der Waals surface area contributed by atoms with Crippen molar-refractivity contribution in [3.8, 4) is 22.9 Å². The Bertz CT molecular complexity index is 1330. The van der Waals surface area contributed by atoms with Crippen LogP contribution in [-0.2, 0) is 13.6 Å². The van der Waals surface area contributed by atoms with Crippen LogP contribution in [0.4, 0.5) is 4.39 Å². The van der Waals surface area contributed by atoms with Gasteiger partial charge in [0.15, 0.2) is 0 Å². The lowest BCUT2D eigenvalue weighted by Crippen LogP contribution is -2.26. The molecule has 144 valence electrons. The summed E-state index contributed by atoms with van der Waals surface area (Å²) in [6.07, 6.45) is 1.40. The van der Waals surface area contributed by atoms with Crippen molar-refractivity contribution in [1.29, 1.82) is 5.26 Å². The molecule has 0 amide bonds. The van der Waals surface area contributed by atoms with Gasteiger partial charge in [-0.2, -0.15) is 10.4 Å². The van der Waals surface area contributed by atoms with Gasteiger partial charge in [0, 0.05) is 18.0 Å². The largest absolute Gasteiger partial charge is 0.497 e. The highest BCUT2D eigenvalue weighted by molar-refractivity contribution is 5.98. The number of halogens is 1. The summed E-state index contributed by atoms with van der Waals surface area (Å²) in [5.74, 6) is 0.667. The first-order chi connectivity index (χ1) is 14.0. The number of methoxy groups -OCH3 is 1. The van der Waals surface area contributed by atoms with Crippen molar-refractivity contribution in [3.05, 3.63) is 76.4 Å². The summed E-state index contributed by atoms with van der Waals surface area (Å²) in [7, 11) is 3.26. The first kappa shape index (κ1) is 18.4. The minimum absolute atomic E-state index is 0.0708. The number of hydrogen-bond donors (Lipinski definition) is 0. The summed E-state index contributed by atoms with van der Waals surface area (Å²) in [6, 6.07) is 13.1. The molecule has 0 saturated heterocycles. The third-order valence-corrected chi connectivity index (χ3v) is 4.80. The molecule has 2 aromatic heterocycles. The van der Waals surface area contributed by atoms with E-state index in [4.69, 9.17) is 4.74 Å². The smallest absolute Gasteiger partial charge is 0.270 e. The Labute approximate surface area is 165 Å². The van der Waals surface area contributed by atoms with Gasteiger partial charge in [0.2, 0.25) is 0 Å². The molecule has 2 heterocycles. The molecule has 7 nitrogen and oxygen atoms in total. The number of pyridine rings is 1. The molecule has 29 heavy (non-hydrogen) atoms. The van der Waals surface area contributed by atoms with Gasteiger partial charge in [0.1, 0.15) is 35.4 Å². The van der Waals surface area contributed by atoms with Crippen LogP contribution in [0.25, 0.3) is 22.0 Å². The quantitative estimate of drug-likeness (QED) is 0.536. The highest BCUT2D eigenvalue weighted by Gasteiger charge is 2.20. The third-order valence-electron chi connectivity index (χ3n) is 4.80. The molecule has 0 atom stereocenters. The van der Waals surface area contributed by atoms with Gasteiger partial charge in [-0.15, -0.1) is 0 Å². The standard InChI is InChI=1S/C21H16FN5O2/c1-26-19(24-12-25-26)11-27-18-7-6-15(29-2)9-16(18)20(17(10-23)21(27)28)13-4-3-5-14(22)8-13/h3-9,12H,11H2,1-2H3. The Kier molecular flexibility index (Phi) is 4.56. The van der Waals surface area contributed by atoms with Crippen LogP contribution in [0.5, 0.6) is 5.75 Å². The van der Waals surface area contributed by atoms with Crippen LogP contribution in [0.2, 0.25) is 0 Å². The van der Waals surface area contributed by atoms with Crippen LogP contribution < -0.4 is 10.3 Å². The minimum atomic E-state index is -0.479. The fourth-order valence-electron chi connectivity index (χ4n) is 3.37. The maximum atomic E-state index is 13.9. The number of aromatic nitrogens is 4. The number of fused-ring (bicyclic) bond motifs is 1. The molecule has 0 fully saturated rings. The maximum Gasteiger partial charge on any atom is 0.270 e. The molecule has 2 aromatic carbocycles. The van der Waals surface area contributed by atoms with Gasteiger partial charge in [-0.1, -0.05) is 12.1 Å². The normalized spacial score (nSPS) is 10.8. The Morgan fingerprint density at radius 2 is 2.07 bits per heavy atom.